The summed E-state index contributed by atoms with van der Waals surface area (Å²) in [5, 5.41) is 30.8. The standard InChI is InChI=1S/C10H11N3O3/c11-7-8-6-9(12-4-1-5-14)2-3-10(8)13(15)16/h2-3,6,12,14H,1,4-5H2. The SMILES string of the molecule is N#Cc1cc(NCCCO)ccc1[N+](=O)[O-]. The van der Waals surface area contributed by atoms with E-state index in [1.807, 2.05) is 0 Å². The Kier molecular flexibility index (Phi) is 4.24. The second-order valence-electron chi connectivity index (χ2n) is 3.10. The molecule has 0 aliphatic rings. The minimum Gasteiger partial charge on any atom is -0.396 e. The van der Waals surface area contributed by atoms with E-state index < -0.39 is 4.92 Å². The fraction of sp³-hybridized carbons (Fsp3) is 0.300. The third kappa shape index (κ3) is 2.93. The summed E-state index contributed by atoms with van der Waals surface area (Å²) in [6.45, 7) is 0.629. The molecule has 16 heavy (non-hydrogen) atoms. The van der Waals surface area contributed by atoms with E-state index in [1.165, 1.54) is 18.2 Å². The molecule has 2 N–H and O–H groups in total. The molecule has 1 rings (SSSR count). The van der Waals surface area contributed by atoms with Crippen LogP contribution in [0.4, 0.5) is 11.4 Å². The summed E-state index contributed by atoms with van der Waals surface area (Å²) in [4.78, 5) is 9.97. The molecule has 0 spiro atoms. The maximum atomic E-state index is 10.6. The monoisotopic (exact) mass is 221 g/mol. The van der Waals surface area contributed by atoms with E-state index in [2.05, 4.69) is 5.32 Å². The lowest BCUT2D eigenvalue weighted by molar-refractivity contribution is -0.385. The van der Waals surface area contributed by atoms with Crippen molar-refractivity contribution in [1.82, 2.24) is 0 Å². The Morgan fingerprint density at radius 2 is 2.31 bits per heavy atom. The van der Waals surface area contributed by atoms with Crippen molar-refractivity contribution < 1.29 is 10.0 Å². The zero-order valence-electron chi connectivity index (χ0n) is 8.51. The van der Waals surface area contributed by atoms with Crippen LogP contribution in [0, 0.1) is 21.4 Å². The predicted molar refractivity (Wildman–Crippen MR) is 58.0 cm³/mol. The summed E-state index contributed by atoms with van der Waals surface area (Å²) < 4.78 is 0. The Labute approximate surface area is 92.3 Å². The number of nitriles is 1. The van der Waals surface area contributed by atoms with Crippen LogP contribution in [0.5, 0.6) is 0 Å². The molecule has 6 heteroatoms. The molecule has 6 nitrogen and oxygen atoms in total. The van der Waals surface area contributed by atoms with Crippen molar-refractivity contribution >= 4 is 11.4 Å². The fourth-order valence-electron chi connectivity index (χ4n) is 1.21. The van der Waals surface area contributed by atoms with Crippen LogP contribution in [0.25, 0.3) is 0 Å². The zero-order valence-corrected chi connectivity index (χ0v) is 8.51. The van der Waals surface area contributed by atoms with E-state index in [4.69, 9.17) is 10.4 Å². The van der Waals surface area contributed by atoms with Gasteiger partial charge in [0.1, 0.15) is 11.6 Å². The van der Waals surface area contributed by atoms with E-state index in [-0.39, 0.29) is 17.9 Å². The predicted octanol–water partition coefficient (Wildman–Crippen LogP) is 1.26. The van der Waals surface area contributed by atoms with Crippen LogP contribution in [-0.2, 0) is 0 Å². The lowest BCUT2D eigenvalue weighted by atomic mass is 10.1. The molecule has 84 valence electrons. The van der Waals surface area contributed by atoms with Gasteiger partial charge >= 0.3 is 0 Å². The number of anilines is 1. The van der Waals surface area contributed by atoms with Crippen LogP contribution in [-0.4, -0.2) is 23.2 Å². The zero-order chi connectivity index (χ0) is 12.0. The lowest BCUT2D eigenvalue weighted by Crippen LogP contribution is -2.04. The van der Waals surface area contributed by atoms with Crippen molar-refractivity contribution in [1.29, 1.82) is 5.26 Å². The number of aliphatic hydroxyl groups excluding tert-OH is 1. The van der Waals surface area contributed by atoms with Crippen molar-refractivity contribution in [3.63, 3.8) is 0 Å². The van der Waals surface area contributed by atoms with Crippen LogP contribution in [0.1, 0.15) is 12.0 Å². The minimum atomic E-state index is -0.587. The second-order valence-corrected chi connectivity index (χ2v) is 3.10. The maximum Gasteiger partial charge on any atom is 0.287 e. The number of benzene rings is 1. The molecule has 0 unspecified atom stereocenters. The number of nitrogens with one attached hydrogen (secondary N) is 1. The van der Waals surface area contributed by atoms with Gasteiger partial charge in [0.25, 0.3) is 5.69 Å². The molecule has 1 aromatic rings. The van der Waals surface area contributed by atoms with Crippen LogP contribution in [0.3, 0.4) is 0 Å². The highest BCUT2D eigenvalue weighted by atomic mass is 16.6. The first kappa shape index (κ1) is 11.9. The van der Waals surface area contributed by atoms with E-state index in [0.29, 0.717) is 18.7 Å². The number of rotatable bonds is 5. The van der Waals surface area contributed by atoms with Gasteiger partial charge in [-0.15, -0.1) is 0 Å². The summed E-state index contributed by atoms with van der Waals surface area (Å²) in [7, 11) is 0. The number of nitrogens with zero attached hydrogens (tertiary/aromatic N) is 2. The molecule has 1 aromatic carbocycles. The number of nitro groups is 1. The fourth-order valence-corrected chi connectivity index (χ4v) is 1.21. The van der Waals surface area contributed by atoms with Crippen molar-refractivity contribution in [3.8, 4) is 6.07 Å². The van der Waals surface area contributed by atoms with Crippen LogP contribution < -0.4 is 5.32 Å². The average Bonchev–Trinajstić information content (AvgIpc) is 2.29. The molecule has 0 aromatic heterocycles. The molecular formula is C10H11N3O3. The Morgan fingerprint density at radius 1 is 1.56 bits per heavy atom. The van der Waals surface area contributed by atoms with Crippen molar-refractivity contribution in [2.45, 2.75) is 6.42 Å². The Balaban J connectivity index is 2.84. The van der Waals surface area contributed by atoms with Gasteiger partial charge in [-0.3, -0.25) is 10.1 Å². The van der Waals surface area contributed by atoms with E-state index >= 15 is 0 Å². The molecule has 0 saturated heterocycles. The van der Waals surface area contributed by atoms with Gasteiger partial charge < -0.3 is 10.4 Å². The highest BCUT2D eigenvalue weighted by Crippen LogP contribution is 2.21. The molecule has 0 atom stereocenters. The Hall–Kier alpha value is -2.13. The number of hydrogen-bond acceptors (Lipinski definition) is 5. The van der Waals surface area contributed by atoms with Crippen molar-refractivity contribution in [2.75, 3.05) is 18.5 Å². The highest BCUT2D eigenvalue weighted by Gasteiger charge is 2.13. The smallest absolute Gasteiger partial charge is 0.287 e. The number of aliphatic hydroxyl groups is 1. The van der Waals surface area contributed by atoms with Gasteiger partial charge in [-0.05, 0) is 18.6 Å². The quantitative estimate of drug-likeness (QED) is 0.443. The first-order valence-electron chi connectivity index (χ1n) is 4.72. The van der Waals surface area contributed by atoms with Gasteiger partial charge in [0, 0.05) is 24.9 Å². The second kappa shape index (κ2) is 5.68. The number of nitro benzene ring substituents is 1. The molecule has 0 aliphatic heterocycles. The highest BCUT2D eigenvalue weighted by molar-refractivity contribution is 5.58. The van der Waals surface area contributed by atoms with Crippen molar-refractivity contribution in [3.05, 3.63) is 33.9 Å². The molecule has 0 saturated carbocycles. The van der Waals surface area contributed by atoms with Crippen LogP contribution >= 0.6 is 0 Å². The van der Waals surface area contributed by atoms with Gasteiger partial charge in [0.05, 0.1) is 4.92 Å². The molecule has 0 heterocycles. The molecular weight excluding hydrogens is 210 g/mol. The molecule has 0 amide bonds. The summed E-state index contributed by atoms with van der Waals surface area (Å²) >= 11 is 0. The third-order valence-corrected chi connectivity index (χ3v) is 1.98. The molecule has 0 aliphatic carbocycles. The summed E-state index contributed by atoms with van der Waals surface area (Å²) in [6, 6.07) is 6.03. The Bertz CT molecular complexity index is 426. The Morgan fingerprint density at radius 3 is 2.88 bits per heavy atom. The maximum absolute atomic E-state index is 10.6. The molecule has 0 bridgehead atoms. The largest absolute Gasteiger partial charge is 0.396 e. The normalized spacial score (nSPS) is 9.50. The van der Waals surface area contributed by atoms with Crippen molar-refractivity contribution in [2.24, 2.45) is 0 Å². The first-order chi connectivity index (χ1) is 7.69. The topological polar surface area (TPSA) is 99.2 Å². The van der Waals surface area contributed by atoms with E-state index in [0.717, 1.165) is 0 Å². The first-order valence-corrected chi connectivity index (χ1v) is 4.72. The van der Waals surface area contributed by atoms with Gasteiger partial charge in [0.2, 0.25) is 0 Å². The van der Waals surface area contributed by atoms with E-state index in [1.54, 1.807) is 6.07 Å². The number of hydrogen-bond donors (Lipinski definition) is 2. The lowest BCUT2D eigenvalue weighted by Gasteiger charge is -2.05. The summed E-state index contributed by atoms with van der Waals surface area (Å²) in [5.41, 5.74) is 0.463. The third-order valence-electron chi connectivity index (χ3n) is 1.98. The summed E-state index contributed by atoms with van der Waals surface area (Å²) in [6.07, 6.45) is 0.582. The van der Waals surface area contributed by atoms with Gasteiger partial charge in [-0.1, -0.05) is 0 Å². The van der Waals surface area contributed by atoms with Crippen LogP contribution in [0.15, 0.2) is 18.2 Å². The van der Waals surface area contributed by atoms with Crippen LogP contribution in [0.2, 0.25) is 0 Å². The van der Waals surface area contributed by atoms with Gasteiger partial charge in [0.15, 0.2) is 0 Å². The molecule has 0 radical (unpaired) electrons. The molecule has 0 fully saturated rings. The average molecular weight is 221 g/mol. The summed E-state index contributed by atoms with van der Waals surface area (Å²) in [5.74, 6) is 0. The van der Waals surface area contributed by atoms with Gasteiger partial charge in [-0.25, -0.2) is 0 Å². The van der Waals surface area contributed by atoms with Gasteiger partial charge in [-0.2, -0.15) is 5.26 Å². The minimum absolute atomic E-state index is 0.0269. The van der Waals surface area contributed by atoms with E-state index in [9.17, 15) is 10.1 Å².